The molecule has 3 aromatic rings. The normalized spacial score (nSPS) is 11.8. The molecule has 0 spiro atoms. The van der Waals surface area contributed by atoms with Gasteiger partial charge in [0.05, 0.1) is 24.1 Å². The standard InChI is InChI=1S/C32H49N3O3/c1-6-16-34(17-7-2)20-10-22-37-26-12-14-28-29-15-13-27(25-31(29)33(5)32(36)30(28)24-26)38-23-11-21-35(18-8-3)19-9-4/h12-15,24-25H,6-11,16-23H2,1-5H3. The van der Waals surface area contributed by atoms with Crippen LogP contribution in [0.5, 0.6) is 11.5 Å². The average molecular weight is 524 g/mol. The summed E-state index contributed by atoms with van der Waals surface area (Å²) < 4.78 is 13.9. The lowest BCUT2D eigenvalue weighted by Crippen LogP contribution is -2.27. The molecule has 6 heteroatoms. The number of hydrogen-bond acceptors (Lipinski definition) is 5. The second-order valence-corrected chi connectivity index (χ2v) is 10.3. The van der Waals surface area contributed by atoms with Crippen LogP contribution in [-0.2, 0) is 7.05 Å². The zero-order valence-electron chi connectivity index (χ0n) is 24.4. The van der Waals surface area contributed by atoms with Gasteiger partial charge in [0, 0.05) is 31.6 Å². The summed E-state index contributed by atoms with van der Waals surface area (Å²) in [7, 11) is 1.84. The highest BCUT2D eigenvalue weighted by Crippen LogP contribution is 2.28. The molecule has 0 fully saturated rings. The molecule has 38 heavy (non-hydrogen) atoms. The highest BCUT2D eigenvalue weighted by atomic mass is 16.5. The van der Waals surface area contributed by atoms with Gasteiger partial charge in [-0.2, -0.15) is 0 Å². The summed E-state index contributed by atoms with van der Waals surface area (Å²) in [6.07, 6.45) is 6.68. The van der Waals surface area contributed by atoms with Crippen molar-refractivity contribution in [2.24, 2.45) is 7.05 Å². The van der Waals surface area contributed by atoms with Crippen molar-refractivity contribution in [2.75, 3.05) is 52.5 Å². The lowest BCUT2D eigenvalue weighted by Gasteiger charge is -2.21. The van der Waals surface area contributed by atoms with Crippen LogP contribution in [0.1, 0.15) is 66.2 Å². The Kier molecular flexibility index (Phi) is 12.4. The molecule has 6 nitrogen and oxygen atoms in total. The molecule has 0 N–H and O–H groups in total. The fraction of sp³-hybridized carbons (Fsp3) is 0.594. The molecular weight excluding hydrogens is 474 g/mol. The van der Waals surface area contributed by atoms with Gasteiger partial charge in [-0.15, -0.1) is 0 Å². The third-order valence-electron chi connectivity index (χ3n) is 7.08. The third-order valence-corrected chi connectivity index (χ3v) is 7.08. The van der Waals surface area contributed by atoms with E-state index < -0.39 is 0 Å². The fourth-order valence-electron chi connectivity index (χ4n) is 5.31. The summed E-state index contributed by atoms with van der Waals surface area (Å²) in [5.74, 6) is 1.57. The van der Waals surface area contributed by atoms with Crippen LogP contribution in [0.15, 0.2) is 41.2 Å². The van der Waals surface area contributed by atoms with E-state index in [1.807, 2.05) is 37.4 Å². The van der Waals surface area contributed by atoms with Crippen LogP contribution in [0, 0.1) is 0 Å². The minimum absolute atomic E-state index is 0.0121. The van der Waals surface area contributed by atoms with Crippen molar-refractivity contribution in [1.29, 1.82) is 0 Å². The minimum atomic E-state index is -0.0121. The summed E-state index contributed by atoms with van der Waals surface area (Å²) in [6.45, 7) is 16.9. The molecule has 0 unspecified atom stereocenters. The van der Waals surface area contributed by atoms with Gasteiger partial charge >= 0.3 is 0 Å². The Morgan fingerprint density at radius 1 is 0.632 bits per heavy atom. The van der Waals surface area contributed by atoms with E-state index in [4.69, 9.17) is 9.47 Å². The van der Waals surface area contributed by atoms with Crippen LogP contribution < -0.4 is 15.0 Å². The second kappa shape index (κ2) is 15.7. The fourth-order valence-corrected chi connectivity index (χ4v) is 5.31. The Labute approximate surface area is 229 Å². The number of benzene rings is 2. The smallest absolute Gasteiger partial charge is 0.258 e. The predicted octanol–water partition coefficient (Wildman–Crippen LogP) is 6.47. The average Bonchev–Trinajstić information content (AvgIpc) is 2.92. The van der Waals surface area contributed by atoms with Gasteiger partial charge in [-0.25, -0.2) is 0 Å². The maximum absolute atomic E-state index is 13.3. The van der Waals surface area contributed by atoms with E-state index in [-0.39, 0.29) is 5.56 Å². The van der Waals surface area contributed by atoms with Crippen molar-refractivity contribution in [1.82, 2.24) is 14.4 Å². The van der Waals surface area contributed by atoms with E-state index in [1.165, 1.54) is 25.7 Å². The molecule has 210 valence electrons. The molecule has 0 atom stereocenters. The van der Waals surface area contributed by atoms with Crippen LogP contribution in [0.2, 0.25) is 0 Å². The summed E-state index contributed by atoms with van der Waals surface area (Å²) in [4.78, 5) is 18.3. The number of aromatic nitrogens is 1. The third kappa shape index (κ3) is 8.21. The molecule has 0 aliphatic heterocycles. The Bertz CT molecular complexity index is 1180. The quantitative estimate of drug-likeness (QED) is 0.141. The highest BCUT2D eigenvalue weighted by Gasteiger charge is 2.12. The number of ether oxygens (including phenoxy) is 2. The molecule has 0 bridgehead atoms. The lowest BCUT2D eigenvalue weighted by atomic mass is 10.1. The zero-order valence-corrected chi connectivity index (χ0v) is 24.4. The van der Waals surface area contributed by atoms with Gasteiger partial charge in [0.1, 0.15) is 11.5 Å². The topological polar surface area (TPSA) is 46.9 Å². The molecule has 1 aromatic heterocycles. The molecule has 0 saturated carbocycles. The number of hydrogen-bond donors (Lipinski definition) is 0. The summed E-state index contributed by atoms with van der Waals surface area (Å²) in [6, 6.07) is 12.0. The van der Waals surface area contributed by atoms with Gasteiger partial charge in [-0.1, -0.05) is 27.7 Å². The molecule has 0 radical (unpaired) electrons. The van der Waals surface area contributed by atoms with Crippen LogP contribution in [0.4, 0.5) is 0 Å². The van der Waals surface area contributed by atoms with E-state index in [9.17, 15) is 4.79 Å². The number of pyridine rings is 1. The summed E-state index contributed by atoms with van der Waals surface area (Å²) in [5.41, 5.74) is 0.876. The number of aryl methyl sites for hydroxylation is 1. The van der Waals surface area contributed by atoms with Crippen molar-refractivity contribution >= 4 is 21.7 Å². The van der Waals surface area contributed by atoms with Gasteiger partial charge in [0.25, 0.3) is 5.56 Å². The molecule has 0 amide bonds. The van der Waals surface area contributed by atoms with Gasteiger partial charge in [-0.05, 0) is 100 Å². The molecule has 0 aliphatic carbocycles. The summed E-state index contributed by atoms with van der Waals surface area (Å²) in [5, 5.41) is 2.69. The Hall–Kier alpha value is -2.57. The Morgan fingerprint density at radius 3 is 1.61 bits per heavy atom. The first-order valence-electron chi connectivity index (χ1n) is 14.8. The van der Waals surface area contributed by atoms with Crippen LogP contribution >= 0.6 is 0 Å². The molecule has 1 heterocycles. The largest absolute Gasteiger partial charge is 0.494 e. The monoisotopic (exact) mass is 523 g/mol. The van der Waals surface area contributed by atoms with Crippen molar-refractivity contribution in [3.63, 3.8) is 0 Å². The lowest BCUT2D eigenvalue weighted by molar-refractivity contribution is 0.234. The van der Waals surface area contributed by atoms with E-state index in [2.05, 4.69) is 43.6 Å². The van der Waals surface area contributed by atoms with Crippen LogP contribution in [-0.4, -0.2) is 66.8 Å². The molecular formula is C32H49N3O3. The van der Waals surface area contributed by atoms with Crippen molar-refractivity contribution in [2.45, 2.75) is 66.2 Å². The van der Waals surface area contributed by atoms with Gasteiger partial charge in [0.15, 0.2) is 0 Å². The number of fused-ring (bicyclic) bond motifs is 3. The maximum Gasteiger partial charge on any atom is 0.258 e. The van der Waals surface area contributed by atoms with Crippen LogP contribution in [0.25, 0.3) is 21.7 Å². The molecule has 0 aliphatic rings. The first-order chi connectivity index (χ1) is 18.5. The minimum Gasteiger partial charge on any atom is -0.494 e. The predicted molar refractivity (Wildman–Crippen MR) is 161 cm³/mol. The van der Waals surface area contributed by atoms with Gasteiger partial charge in [0.2, 0.25) is 0 Å². The maximum atomic E-state index is 13.3. The first kappa shape index (κ1) is 30.0. The molecule has 2 aromatic carbocycles. The SMILES string of the molecule is CCCN(CCC)CCCOc1ccc2c(c1)c(=O)n(C)c1cc(OCCCN(CCC)CCC)ccc21. The van der Waals surface area contributed by atoms with Gasteiger partial charge in [-0.3, -0.25) is 4.79 Å². The van der Waals surface area contributed by atoms with Crippen molar-refractivity contribution in [3.8, 4) is 11.5 Å². The Balaban J connectivity index is 1.66. The van der Waals surface area contributed by atoms with Crippen molar-refractivity contribution < 1.29 is 9.47 Å². The van der Waals surface area contributed by atoms with Crippen molar-refractivity contribution in [3.05, 3.63) is 46.8 Å². The second-order valence-electron chi connectivity index (χ2n) is 10.3. The van der Waals surface area contributed by atoms with E-state index >= 15 is 0 Å². The van der Waals surface area contributed by atoms with E-state index in [1.54, 1.807) is 4.57 Å². The van der Waals surface area contributed by atoms with Crippen LogP contribution in [0.3, 0.4) is 0 Å². The van der Waals surface area contributed by atoms with Gasteiger partial charge < -0.3 is 23.8 Å². The first-order valence-corrected chi connectivity index (χ1v) is 14.8. The molecule has 0 saturated heterocycles. The highest BCUT2D eigenvalue weighted by molar-refractivity contribution is 6.06. The van der Waals surface area contributed by atoms with E-state index in [0.29, 0.717) is 18.6 Å². The van der Waals surface area contributed by atoms with E-state index in [0.717, 1.165) is 79.9 Å². The number of rotatable bonds is 18. The number of nitrogens with zero attached hydrogens (tertiary/aromatic N) is 3. The summed E-state index contributed by atoms with van der Waals surface area (Å²) >= 11 is 0. The zero-order chi connectivity index (χ0) is 27.3. The molecule has 3 rings (SSSR count). The Morgan fingerprint density at radius 2 is 1.11 bits per heavy atom.